The average molecular weight is 227 g/mol. The Labute approximate surface area is 99.1 Å². The van der Waals surface area contributed by atoms with Crippen LogP contribution in [-0.4, -0.2) is 11.3 Å². The molecule has 17 heavy (non-hydrogen) atoms. The highest BCUT2D eigenvalue weighted by Gasteiger charge is 2.05. The Morgan fingerprint density at radius 2 is 1.88 bits per heavy atom. The number of rotatable bonds is 2. The minimum Gasteiger partial charge on any atom is -0.321 e. The lowest BCUT2D eigenvalue weighted by Crippen LogP contribution is -2.12. The molecule has 0 aliphatic rings. The van der Waals surface area contributed by atoms with E-state index in [0.29, 0.717) is 6.29 Å². The predicted molar refractivity (Wildman–Crippen MR) is 67.4 cm³/mol. The molecule has 0 spiro atoms. The molecule has 0 saturated carbocycles. The molecule has 3 nitrogen and oxygen atoms in total. The van der Waals surface area contributed by atoms with Gasteiger partial charge in [-0.3, -0.25) is 9.59 Å². The van der Waals surface area contributed by atoms with E-state index >= 15 is 0 Å². The first kappa shape index (κ1) is 11.3. The van der Waals surface area contributed by atoms with E-state index in [4.69, 9.17) is 0 Å². The molecule has 86 valence electrons. The second-order valence-corrected chi connectivity index (χ2v) is 4.09. The third-order valence-electron chi connectivity index (χ3n) is 2.75. The van der Waals surface area contributed by atoms with Gasteiger partial charge in [0, 0.05) is 11.3 Å². The minimum absolute atomic E-state index is 0.152. The van der Waals surface area contributed by atoms with Crippen molar-refractivity contribution in [1.29, 1.82) is 0 Å². The summed E-state index contributed by atoms with van der Waals surface area (Å²) in [5.41, 5.74) is 3.75. The standard InChI is InChI=1S/C14H13NO2/c1-9-3-4-10(2)12(7-9)13-6-5-11(8-16)14(17)15-13/h3-8H,1-2H3,(H,15,17). The highest BCUT2D eigenvalue weighted by molar-refractivity contribution is 5.75. The molecule has 1 aromatic heterocycles. The van der Waals surface area contributed by atoms with Crippen LogP contribution in [0.4, 0.5) is 0 Å². The third-order valence-corrected chi connectivity index (χ3v) is 2.75. The molecule has 0 unspecified atom stereocenters. The second kappa shape index (κ2) is 4.37. The zero-order valence-corrected chi connectivity index (χ0v) is 9.78. The van der Waals surface area contributed by atoms with Gasteiger partial charge in [0.1, 0.15) is 0 Å². The first-order chi connectivity index (χ1) is 8.11. The fourth-order valence-electron chi connectivity index (χ4n) is 1.76. The number of aldehydes is 1. The quantitative estimate of drug-likeness (QED) is 0.801. The summed E-state index contributed by atoms with van der Waals surface area (Å²) in [5, 5.41) is 0. The smallest absolute Gasteiger partial charge is 0.258 e. The highest BCUT2D eigenvalue weighted by atomic mass is 16.1. The van der Waals surface area contributed by atoms with Crippen molar-refractivity contribution in [3.63, 3.8) is 0 Å². The molecule has 0 bridgehead atoms. The molecule has 1 N–H and O–H groups in total. The summed E-state index contributed by atoms with van der Waals surface area (Å²) >= 11 is 0. The van der Waals surface area contributed by atoms with Gasteiger partial charge in [0.25, 0.3) is 5.56 Å². The molecule has 0 aliphatic heterocycles. The van der Waals surface area contributed by atoms with Gasteiger partial charge in [0.2, 0.25) is 0 Å². The van der Waals surface area contributed by atoms with Gasteiger partial charge < -0.3 is 4.98 Å². The monoisotopic (exact) mass is 227 g/mol. The van der Waals surface area contributed by atoms with Gasteiger partial charge in [-0.25, -0.2) is 0 Å². The molecular formula is C14H13NO2. The van der Waals surface area contributed by atoms with Crippen molar-refractivity contribution in [3.8, 4) is 11.3 Å². The van der Waals surface area contributed by atoms with E-state index in [9.17, 15) is 9.59 Å². The molecule has 0 radical (unpaired) electrons. The van der Waals surface area contributed by atoms with E-state index < -0.39 is 0 Å². The number of nitrogens with one attached hydrogen (secondary N) is 1. The minimum atomic E-state index is -0.349. The largest absolute Gasteiger partial charge is 0.321 e. The van der Waals surface area contributed by atoms with Crippen molar-refractivity contribution < 1.29 is 4.79 Å². The lowest BCUT2D eigenvalue weighted by atomic mass is 10.0. The van der Waals surface area contributed by atoms with E-state index in [-0.39, 0.29) is 11.1 Å². The number of carbonyl (C=O) groups is 1. The molecule has 0 aliphatic carbocycles. The first-order valence-corrected chi connectivity index (χ1v) is 5.38. The van der Waals surface area contributed by atoms with Crippen molar-refractivity contribution >= 4 is 6.29 Å². The summed E-state index contributed by atoms with van der Waals surface area (Å²) in [6.07, 6.45) is 0.561. The predicted octanol–water partition coefficient (Wildman–Crippen LogP) is 2.47. The number of hydrogen-bond donors (Lipinski definition) is 1. The molecule has 1 aromatic carbocycles. The number of aromatic nitrogens is 1. The van der Waals surface area contributed by atoms with E-state index in [2.05, 4.69) is 4.98 Å². The van der Waals surface area contributed by atoms with Gasteiger partial charge >= 0.3 is 0 Å². The Morgan fingerprint density at radius 1 is 1.12 bits per heavy atom. The van der Waals surface area contributed by atoms with Crippen LogP contribution in [-0.2, 0) is 0 Å². The lowest BCUT2D eigenvalue weighted by molar-refractivity contribution is 0.112. The Kier molecular flexibility index (Phi) is 2.91. The van der Waals surface area contributed by atoms with Crippen LogP contribution < -0.4 is 5.56 Å². The fourth-order valence-corrected chi connectivity index (χ4v) is 1.76. The number of aromatic amines is 1. The molecule has 2 rings (SSSR count). The SMILES string of the molecule is Cc1ccc(C)c(-c2ccc(C=O)c(=O)[nH]2)c1. The number of carbonyl (C=O) groups excluding carboxylic acids is 1. The van der Waals surface area contributed by atoms with Gasteiger partial charge in [-0.1, -0.05) is 17.7 Å². The normalized spacial score (nSPS) is 10.2. The van der Waals surface area contributed by atoms with Gasteiger partial charge in [-0.05, 0) is 37.6 Å². The molecule has 0 atom stereocenters. The van der Waals surface area contributed by atoms with E-state index in [1.54, 1.807) is 12.1 Å². The van der Waals surface area contributed by atoms with Gasteiger partial charge in [-0.15, -0.1) is 0 Å². The number of aryl methyl sites for hydroxylation is 2. The topological polar surface area (TPSA) is 49.9 Å². The highest BCUT2D eigenvalue weighted by Crippen LogP contribution is 2.21. The molecular weight excluding hydrogens is 214 g/mol. The van der Waals surface area contributed by atoms with Crippen molar-refractivity contribution in [2.75, 3.05) is 0 Å². The Bertz CT molecular complexity index is 626. The third kappa shape index (κ3) is 2.18. The number of pyridine rings is 1. The van der Waals surface area contributed by atoms with Crippen LogP contribution in [0, 0.1) is 13.8 Å². The van der Waals surface area contributed by atoms with Crippen molar-refractivity contribution in [1.82, 2.24) is 4.98 Å². The molecule has 1 heterocycles. The van der Waals surface area contributed by atoms with Crippen LogP contribution in [0.5, 0.6) is 0 Å². The van der Waals surface area contributed by atoms with E-state index in [1.807, 2.05) is 32.0 Å². The summed E-state index contributed by atoms with van der Waals surface area (Å²) in [4.78, 5) is 24.9. The number of hydrogen-bond acceptors (Lipinski definition) is 2. The summed E-state index contributed by atoms with van der Waals surface area (Å²) in [5.74, 6) is 0. The van der Waals surface area contributed by atoms with E-state index in [0.717, 1.165) is 22.4 Å². The second-order valence-electron chi connectivity index (χ2n) is 4.09. The molecule has 0 saturated heterocycles. The lowest BCUT2D eigenvalue weighted by Gasteiger charge is -2.07. The van der Waals surface area contributed by atoms with Gasteiger partial charge in [-0.2, -0.15) is 0 Å². The number of H-pyrrole nitrogens is 1. The molecule has 0 amide bonds. The zero-order chi connectivity index (χ0) is 12.4. The Balaban J connectivity index is 2.61. The van der Waals surface area contributed by atoms with Crippen molar-refractivity contribution in [2.24, 2.45) is 0 Å². The van der Waals surface area contributed by atoms with Gasteiger partial charge in [0.15, 0.2) is 6.29 Å². The average Bonchev–Trinajstić information content (AvgIpc) is 2.32. The van der Waals surface area contributed by atoms with Crippen LogP contribution in [0.3, 0.4) is 0 Å². The summed E-state index contributed by atoms with van der Waals surface area (Å²) in [6, 6.07) is 9.35. The summed E-state index contributed by atoms with van der Waals surface area (Å²) in [6.45, 7) is 3.99. The molecule has 0 fully saturated rings. The van der Waals surface area contributed by atoms with Crippen LogP contribution in [0.1, 0.15) is 21.5 Å². The van der Waals surface area contributed by atoms with Crippen LogP contribution >= 0.6 is 0 Å². The zero-order valence-electron chi connectivity index (χ0n) is 9.78. The van der Waals surface area contributed by atoms with E-state index in [1.165, 1.54) is 0 Å². The fraction of sp³-hybridized carbons (Fsp3) is 0.143. The Morgan fingerprint density at radius 3 is 2.53 bits per heavy atom. The van der Waals surface area contributed by atoms with Crippen LogP contribution in [0.25, 0.3) is 11.3 Å². The maximum Gasteiger partial charge on any atom is 0.258 e. The van der Waals surface area contributed by atoms with Crippen molar-refractivity contribution in [3.05, 3.63) is 57.4 Å². The maximum absolute atomic E-state index is 11.6. The Hall–Kier alpha value is -2.16. The summed E-state index contributed by atoms with van der Waals surface area (Å²) in [7, 11) is 0. The summed E-state index contributed by atoms with van der Waals surface area (Å²) < 4.78 is 0. The maximum atomic E-state index is 11.6. The van der Waals surface area contributed by atoms with Crippen molar-refractivity contribution in [2.45, 2.75) is 13.8 Å². The van der Waals surface area contributed by atoms with Gasteiger partial charge in [0.05, 0.1) is 5.56 Å². The first-order valence-electron chi connectivity index (χ1n) is 5.38. The molecule has 3 heteroatoms. The van der Waals surface area contributed by atoms with Crippen LogP contribution in [0.2, 0.25) is 0 Å². The van der Waals surface area contributed by atoms with Crippen LogP contribution in [0.15, 0.2) is 35.1 Å². The number of benzene rings is 1. The molecule has 2 aromatic rings.